The molecular weight excluding hydrogens is 380 g/mol. The molecule has 5 nitrogen and oxygen atoms in total. The normalized spacial score (nSPS) is 25.4. The van der Waals surface area contributed by atoms with Crippen molar-refractivity contribution >= 4 is 31.9 Å². The molecule has 3 rings (SSSR count). The molecule has 1 heterocycles. The van der Waals surface area contributed by atoms with E-state index in [4.69, 9.17) is 0 Å². The smallest absolute Gasteiger partial charge is 0.243 e. The number of hydrogen-bond donors (Lipinski definition) is 0. The minimum atomic E-state index is -3.49. The Labute approximate surface area is 145 Å². The molecule has 0 bridgehead atoms. The predicted molar refractivity (Wildman–Crippen MR) is 91.5 cm³/mol. The van der Waals surface area contributed by atoms with Crippen molar-refractivity contribution in [3.63, 3.8) is 0 Å². The lowest BCUT2D eigenvalue weighted by atomic mass is 10.2. The van der Waals surface area contributed by atoms with Gasteiger partial charge in [-0.25, -0.2) is 8.42 Å². The Balaban J connectivity index is 1.68. The maximum absolute atomic E-state index is 12.7. The second-order valence-corrected chi connectivity index (χ2v) is 9.25. The molecule has 0 unspecified atom stereocenters. The van der Waals surface area contributed by atoms with Gasteiger partial charge in [-0.05, 0) is 43.0 Å². The van der Waals surface area contributed by atoms with Gasteiger partial charge in [0.15, 0.2) is 0 Å². The lowest BCUT2D eigenvalue weighted by Crippen LogP contribution is -2.51. The van der Waals surface area contributed by atoms with E-state index in [2.05, 4.69) is 22.9 Å². The summed E-state index contributed by atoms with van der Waals surface area (Å²) in [5, 5.41) is 0. The van der Waals surface area contributed by atoms with Gasteiger partial charge in [-0.3, -0.25) is 4.79 Å². The van der Waals surface area contributed by atoms with Crippen LogP contribution in [-0.2, 0) is 14.8 Å². The summed E-state index contributed by atoms with van der Waals surface area (Å²) in [6.07, 6.45) is 0.968. The number of piperazine rings is 1. The van der Waals surface area contributed by atoms with Crippen molar-refractivity contribution < 1.29 is 13.2 Å². The SMILES string of the molecule is Cc1cc(S(=O)(=O)N2CCN(C(=O)[C@H]3C[C@H]3C)CC2)ccc1Br. The first-order chi connectivity index (χ1) is 10.8. The zero-order valence-corrected chi connectivity index (χ0v) is 15.7. The fourth-order valence-electron chi connectivity index (χ4n) is 2.98. The predicted octanol–water partition coefficient (Wildman–Crippen LogP) is 2.25. The third-order valence-corrected chi connectivity index (χ3v) is 7.53. The highest BCUT2D eigenvalue weighted by Crippen LogP contribution is 2.39. The number of nitrogens with zero attached hydrogens (tertiary/aromatic N) is 2. The van der Waals surface area contributed by atoms with Gasteiger partial charge in [0.2, 0.25) is 15.9 Å². The van der Waals surface area contributed by atoms with Crippen LogP contribution < -0.4 is 0 Å². The van der Waals surface area contributed by atoms with E-state index < -0.39 is 10.0 Å². The van der Waals surface area contributed by atoms with Crippen molar-refractivity contribution in [3.05, 3.63) is 28.2 Å². The minimum Gasteiger partial charge on any atom is -0.340 e. The number of carbonyl (C=O) groups is 1. The van der Waals surface area contributed by atoms with E-state index in [0.717, 1.165) is 16.5 Å². The summed E-state index contributed by atoms with van der Waals surface area (Å²) >= 11 is 3.39. The Morgan fingerprint density at radius 3 is 2.35 bits per heavy atom. The van der Waals surface area contributed by atoms with Crippen molar-refractivity contribution in [2.45, 2.75) is 25.2 Å². The highest BCUT2D eigenvalue weighted by atomic mass is 79.9. The van der Waals surface area contributed by atoms with Crippen LogP contribution in [0.5, 0.6) is 0 Å². The number of carbonyl (C=O) groups excluding carboxylic acids is 1. The van der Waals surface area contributed by atoms with Crippen molar-refractivity contribution in [3.8, 4) is 0 Å². The number of aryl methyl sites for hydroxylation is 1. The maximum Gasteiger partial charge on any atom is 0.243 e. The summed E-state index contributed by atoms with van der Waals surface area (Å²) < 4.78 is 27.8. The zero-order valence-electron chi connectivity index (χ0n) is 13.3. The number of halogens is 1. The molecule has 1 aliphatic carbocycles. The second kappa shape index (κ2) is 6.18. The van der Waals surface area contributed by atoms with E-state index >= 15 is 0 Å². The maximum atomic E-state index is 12.7. The van der Waals surface area contributed by atoms with E-state index in [1.165, 1.54) is 4.31 Å². The summed E-state index contributed by atoms with van der Waals surface area (Å²) in [6, 6.07) is 5.06. The fourth-order valence-corrected chi connectivity index (χ4v) is 4.73. The van der Waals surface area contributed by atoms with Crippen LogP contribution in [0, 0.1) is 18.8 Å². The summed E-state index contributed by atoms with van der Waals surface area (Å²) in [4.78, 5) is 14.4. The topological polar surface area (TPSA) is 57.7 Å². The molecule has 23 heavy (non-hydrogen) atoms. The molecule has 1 saturated carbocycles. The average Bonchev–Trinajstić information content (AvgIpc) is 3.26. The second-order valence-electron chi connectivity index (χ2n) is 6.46. The molecule has 1 aromatic carbocycles. The highest BCUT2D eigenvalue weighted by Gasteiger charge is 2.42. The summed E-state index contributed by atoms with van der Waals surface area (Å²) in [5.41, 5.74) is 0.891. The standard InChI is InChI=1S/C16H21BrN2O3S/c1-11-10-14(11)16(20)18-5-7-19(8-6-18)23(21,22)13-3-4-15(17)12(2)9-13/h3-4,9,11,14H,5-8,10H2,1-2H3/t11-,14+/m1/s1. The van der Waals surface area contributed by atoms with Gasteiger partial charge in [-0.15, -0.1) is 0 Å². The number of amides is 1. The largest absolute Gasteiger partial charge is 0.340 e. The Bertz CT molecular complexity index is 727. The van der Waals surface area contributed by atoms with Gasteiger partial charge < -0.3 is 4.90 Å². The van der Waals surface area contributed by atoms with Gasteiger partial charge in [0.25, 0.3) is 0 Å². The van der Waals surface area contributed by atoms with Crippen LogP contribution >= 0.6 is 15.9 Å². The van der Waals surface area contributed by atoms with Gasteiger partial charge in [-0.2, -0.15) is 4.31 Å². The molecule has 126 valence electrons. The first-order valence-electron chi connectivity index (χ1n) is 7.86. The van der Waals surface area contributed by atoms with E-state index in [-0.39, 0.29) is 11.8 Å². The van der Waals surface area contributed by atoms with Crippen molar-refractivity contribution in [2.75, 3.05) is 26.2 Å². The monoisotopic (exact) mass is 400 g/mol. The lowest BCUT2D eigenvalue weighted by Gasteiger charge is -2.34. The van der Waals surface area contributed by atoms with Crippen LogP contribution in [0.3, 0.4) is 0 Å². The van der Waals surface area contributed by atoms with Gasteiger partial charge in [0.05, 0.1) is 4.90 Å². The third kappa shape index (κ3) is 3.32. The van der Waals surface area contributed by atoms with E-state index in [9.17, 15) is 13.2 Å². The molecule has 0 radical (unpaired) electrons. The van der Waals surface area contributed by atoms with Crippen LogP contribution in [0.4, 0.5) is 0 Å². The first-order valence-corrected chi connectivity index (χ1v) is 10.1. The first kappa shape index (κ1) is 16.9. The molecule has 2 fully saturated rings. The fraction of sp³-hybridized carbons (Fsp3) is 0.562. The molecule has 1 saturated heterocycles. The molecule has 7 heteroatoms. The Morgan fingerprint density at radius 1 is 1.22 bits per heavy atom. The molecule has 1 amide bonds. The molecule has 1 aromatic rings. The number of benzene rings is 1. The number of rotatable bonds is 3. The molecule has 0 N–H and O–H groups in total. The van der Waals surface area contributed by atoms with Crippen LogP contribution in [0.25, 0.3) is 0 Å². The van der Waals surface area contributed by atoms with Crippen molar-refractivity contribution in [1.82, 2.24) is 9.21 Å². The van der Waals surface area contributed by atoms with Crippen LogP contribution in [-0.4, -0.2) is 49.7 Å². The minimum absolute atomic E-state index is 0.160. The zero-order chi connectivity index (χ0) is 16.8. The Hall–Kier alpha value is -0.920. The number of sulfonamides is 1. The van der Waals surface area contributed by atoms with Crippen molar-refractivity contribution in [1.29, 1.82) is 0 Å². The van der Waals surface area contributed by atoms with E-state index in [1.54, 1.807) is 18.2 Å². The lowest BCUT2D eigenvalue weighted by molar-refractivity contribution is -0.134. The van der Waals surface area contributed by atoms with Crippen LogP contribution in [0.1, 0.15) is 18.9 Å². The summed E-state index contributed by atoms with van der Waals surface area (Å²) in [6.45, 7) is 5.65. The van der Waals surface area contributed by atoms with E-state index in [1.807, 2.05) is 11.8 Å². The Morgan fingerprint density at radius 2 is 1.83 bits per heavy atom. The molecule has 1 aliphatic heterocycles. The molecule has 2 aliphatic rings. The van der Waals surface area contributed by atoms with Gasteiger partial charge in [-0.1, -0.05) is 22.9 Å². The highest BCUT2D eigenvalue weighted by molar-refractivity contribution is 9.10. The molecular formula is C16H21BrN2O3S. The van der Waals surface area contributed by atoms with Crippen molar-refractivity contribution in [2.24, 2.45) is 11.8 Å². The molecule has 0 aromatic heterocycles. The van der Waals surface area contributed by atoms with E-state index in [0.29, 0.717) is 37.0 Å². The van der Waals surface area contributed by atoms with Gasteiger partial charge in [0, 0.05) is 36.6 Å². The van der Waals surface area contributed by atoms with Gasteiger partial charge >= 0.3 is 0 Å². The third-order valence-electron chi connectivity index (χ3n) is 4.74. The average molecular weight is 401 g/mol. The van der Waals surface area contributed by atoms with Crippen LogP contribution in [0.2, 0.25) is 0 Å². The summed E-state index contributed by atoms with van der Waals surface area (Å²) in [7, 11) is -3.49. The quantitative estimate of drug-likeness (QED) is 0.781. The molecule has 2 atom stereocenters. The number of hydrogen-bond acceptors (Lipinski definition) is 3. The Kier molecular flexibility index (Phi) is 4.55. The summed E-state index contributed by atoms with van der Waals surface area (Å²) in [5.74, 6) is 0.830. The van der Waals surface area contributed by atoms with Crippen LogP contribution in [0.15, 0.2) is 27.6 Å². The molecule has 0 spiro atoms. The van der Waals surface area contributed by atoms with Gasteiger partial charge in [0.1, 0.15) is 0 Å².